The summed E-state index contributed by atoms with van der Waals surface area (Å²) in [7, 11) is 3.31. The van der Waals surface area contributed by atoms with Crippen molar-refractivity contribution in [2.75, 3.05) is 14.2 Å². The van der Waals surface area contributed by atoms with Crippen LogP contribution in [0, 0.1) is 0 Å². The van der Waals surface area contributed by atoms with Crippen molar-refractivity contribution in [2.24, 2.45) is 0 Å². The zero-order valence-electron chi connectivity index (χ0n) is 10.2. The summed E-state index contributed by atoms with van der Waals surface area (Å²) in [4.78, 5) is 0. The summed E-state index contributed by atoms with van der Waals surface area (Å²) >= 11 is 6.66. The highest BCUT2D eigenvalue weighted by Crippen LogP contribution is 2.23. The molecule has 96 valence electrons. The van der Waals surface area contributed by atoms with Crippen LogP contribution < -0.4 is 9.47 Å². The number of methoxy groups -OCH3 is 2. The molecule has 0 saturated heterocycles. The first kappa shape index (κ1) is 15.1. The average molecular weight is 374 g/mol. The Morgan fingerprint density at radius 3 is 1.22 bits per heavy atom. The fraction of sp³-hybridized carbons (Fsp3) is 0.143. The number of benzene rings is 2. The van der Waals surface area contributed by atoms with E-state index in [0.29, 0.717) is 0 Å². The second-order valence-corrected chi connectivity index (χ2v) is 4.98. The molecule has 2 aromatic rings. The van der Waals surface area contributed by atoms with E-state index in [-0.39, 0.29) is 0 Å². The molecule has 2 rings (SSSR count). The maximum atomic E-state index is 5.00. The first-order valence-electron chi connectivity index (χ1n) is 5.26. The number of halogens is 2. The zero-order valence-corrected chi connectivity index (χ0v) is 13.4. The van der Waals surface area contributed by atoms with Gasteiger partial charge in [0.2, 0.25) is 0 Å². The van der Waals surface area contributed by atoms with Crippen LogP contribution >= 0.6 is 31.9 Å². The SMILES string of the molecule is COc1ccccc1Br.COc1ccccc1Br. The summed E-state index contributed by atoms with van der Waals surface area (Å²) in [5.74, 6) is 1.75. The molecule has 0 unspecified atom stereocenters. The van der Waals surface area contributed by atoms with Gasteiger partial charge in [0, 0.05) is 0 Å². The molecule has 0 amide bonds. The van der Waals surface area contributed by atoms with Gasteiger partial charge in [0.15, 0.2) is 0 Å². The number of ether oxygens (including phenoxy) is 2. The Morgan fingerprint density at radius 1 is 0.667 bits per heavy atom. The summed E-state index contributed by atoms with van der Waals surface area (Å²) in [6.07, 6.45) is 0. The highest BCUT2D eigenvalue weighted by Gasteiger charge is 1.93. The molecule has 0 fully saturated rings. The van der Waals surface area contributed by atoms with Crippen LogP contribution in [-0.4, -0.2) is 14.2 Å². The van der Waals surface area contributed by atoms with E-state index in [9.17, 15) is 0 Å². The highest BCUT2D eigenvalue weighted by atomic mass is 79.9. The molecule has 0 heterocycles. The fourth-order valence-corrected chi connectivity index (χ4v) is 2.11. The Kier molecular flexibility index (Phi) is 6.83. The predicted molar refractivity (Wildman–Crippen MR) is 81.4 cm³/mol. The third-order valence-corrected chi connectivity index (χ3v) is 3.42. The minimum Gasteiger partial charge on any atom is -0.496 e. The van der Waals surface area contributed by atoms with Crippen LogP contribution in [0.25, 0.3) is 0 Å². The molecule has 4 heteroatoms. The predicted octanol–water partition coefficient (Wildman–Crippen LogP) is 4.92. The highest BCUT2D eigenvalue weighted by molar-refractivity contribution is 9.10. The molecule has 0 spiro atoms. The van der Waals surface area contributed by atoms with Gasteiger partial charge >= 0.3 is 0 Å². The van der Waals surface area contributed by atoms with Gasteiger partial charge in [-0.3, -0.25) is 0 Å². The first-order chi connectivity index (χ1) is 8.69. The number of hydrogen-bond acceptors (Lipinski definition) is 2. The van der Waals surface area contributed by atoms with Crippen LogP contribution in [0.3, 0.4) is 0 Å². The molecule has 0 radical (unpaired) electrons. The smallest absolute Gasteiger partial charge is 0.133 e. The van der Waals surface area contributed by atoms with Crippen LogP contribution in [-0.2, 0) is 0 Å². The van der Waals surface area contributed by atoms with E-state index in [1.807, 2.05) is 48.5 Å². The van der Waals surface area contributed by atoms with Gasteiger partial charge in [-0.25, -0.2) is 0 Å². The fourth-order valence-electron chi connectivity index (χ4n) is 1.22. The van der Waals surface area contributed by atoms with E-state index in [2.05, 4.69) is 31.9 Å². The lowest BCUT2D eigenvalue weighted by Gasteiger charge is -1.99. The second kappa shape index (κ2) is 8.16. The van der Waals surface area contributed by atoms with Gasteiger partial charge in [-0.05, 0) is 56.1 Å². The maximum Gasteiger partial charge on any atom is 0.133 e. The summed E-state index contributed by atoms with van der Waals surface area (Å²) in [5, 5.41) is 0. The molecule has 0 bridgehead atoms. The molecule has 0 aromatic heterocycles. The van der Waals surface area contributed by atoms with Crippen LogP contribution in [0.5, 0.6) is 11.5 Å². The van der Waals surface area contributed by atoms with Crippen molar-refractivity contribution in [2.45, 2.75) is 0 Å². The molecule has 0 atom stereocenters. The lowest BCUT2D eigenvalue weighted by molar-refractivity contribution is 0.412. The van der Waals surface area contributed by atoms with Crippen molar-refractivity contribution in [3.63, 3.8) is 0 Å². The molecule has 0 saturated carbocycles. The molecule has 18 heavy (non-hydrogen) atoms. The molecule has 0 N–H and O–H groups in total. The van der Waals surface area contributed by atoms with E-state index < -0.39 is 0 Å². The van der Waals surface area contributed by atoms with Crippen LogP contribution in [0.2, 0.25) is 0 Å². The Labute approximate surface area is 124 Å². The largest absolute Gasteiger partial charge is 0.496 e. The van der Waals surface area contributed by atoms with Crippen molar-refractivity contribution in [1.29, 1.82) is 0 Å². The van der Waals surface area contributed by atoms with Crippen molar-refractivity contribution in [3.8, 4) is 11.5 Å². The van der Waals surface area contributed by atoms with E-state index in [0.717, 1.165) is 20.4 Å². The Morgan fingerprint density at radius 2 is 1.00 bits per heavy atom. The number of para-hydroxylation sites is 2. The summed E-state index contributed by atoms with van der Waals surface area (Å²) in [6, 6.07) is 15.5. The minimum atomic E-state index is 0.873. The van der Waals surface area contributed by atoms with E-state index in [4.69, 9.17) is 9.47 Å². The topological polar surface area (TPSA) is 18.5 Å². The van der Waals surface area contributed by atoms with Crippen molar-refractivity contribution in [1.82, 2.24) is 0 Å². The maximum absolute atomic E-state index is 5.00. The van der Waals surface area contributed by atoms with Gasteiger partial charge in [0.05, 0.1) is 23.2 Å². The first-order valence-corrected chi connectivity index (χ1v) is 6.84. The molecular formula is C14H14Br2O2. The molecule has 0 aliphatic rings. The summed E-state index contributed by atoms with van der Waals surface area (Å²) in [5.41, 5.74) is 0. The van der Waals surface area contributed by atoms with Gasteiger partial charge in [-0.2, -0.15) is 0 Å². The Bertz CT molecular complexity index is 441. The normalized spacial score (nSPS) is 9.11. The number of rotatable bonds is 2. The Balaban J connectivity index is 0.000000180. The molecule has 0 aliphatic carbocycles. The van der Waals surface area contributed by atoms with Gasteiger partial charge in [-0.1, -0.05) is 24.3 Å². The average Bonchev–Trinajstić information content (AvgIpc) is 2.41. The third-order valence-electron chi connectivity index (χ3n) is 2.11. The van der Waals surface area contributed by atoms with E-state index in [1.54, 1.807) is 14.2 Å². The number of hydrogen-bond donors (Lipinski definition) is 0. The summed E-state index contributed by atoms with van der Waals surface area (Å²) in [6.45, 7) is 0. The molecule has 2 aromatic carbocycles. The van der Waals surface area contributed by atoms with Crippen LogP contribution in [0.1, 0.15) is 0 Å². The van der Waals surface area contributed by atoms with Crippen molar-refractivity contribution >= 4 is 31.9 Å². The van der Waals surface area contributed by atoms with E-state index >= 15 is 0 Å². The Hall–Kier alpha value is -1.00. The zero-order chi connectivity index (χ0) is 13.4. The molecule has 0 aliphatic heterocycles. The minimum absolute atomic E-state index is 0.873. The van der Waals surface area contributed by atoms with E-state index in [1.165, 1.54) is 0 Å². The lowest BCUT2D eigenvalue weighted by atomic mass is 10.3. The van der Waals surface area contributed by atoms with Gasteiger partial charge < -0.3 is 9.47 Å². The second-order valence-electron chi connectivity index (χ2n) is 3.27. The molecule has 2 nitrogen and oxygen atoms in total. The van der Waals surface area contributed by atoms with Gasteiger partial charge in [-0.15, -0.1) is 0 Å². The summed E-state index contributed by atoms with van der Waals surface area (Å²) < 4.78 is 12.0. The lowest BCUT2D eigenvalue weighted by Crippen LogP contribution is -1.81. The molecular weight excluding hydrogens is 360 g/mol. The van der Waals surface area contributed by atoms with Crippen molar-refractivity contribution in [3.05, 3.63) is 57.5 Å². The van der Waals surface area contributed by atoms with Gasteiger partial charge in [0.25, 0.3) is 0 Å². The van der Waals surface area contributed by atoms with Gasteiger partial charge in [0.1, 0.15) is 11.5 Å². The standard InChI is InChI=1S/2C7H7BrO/c2*1-9-7-5-3-2-4-6(7)8/h2*2-5H,1H3. The van der Waals surface area contributed by atoms with Crippen LogP contribution in [0.4, 0.5) is 0 Å². The van der Waals surface area contributed by atoms with Crippen LogP contribution in [0.15, 0.2) is 57.5 Å². The third kappa shape index (κ3) is 4.70. The monoisotopic (exact) mass is 372 g/mol. The van der Waals surface area contributed by atoms with Crippen molar-refractivity contribution < 1.29 is 9.47 Å². The quantitative estimate of drug-likeness (QED) is 0.744.